The molecule has 122 valence electrons. The minimum Gasteiger partial charge on any atom is -0.298 e. The third-order valence-corrected chi connectivity index (χ3v) is 4.03. The van der Waals surface area contributed by atoms with Crippen LogP contribution in [0.3, 0.4) is 0 Å². The minimum absolute atomic E-state index is 0.246. The van der Waals surface area contributed by atoms with Crippen LogP contribution >= 0.6 is 11.3 Å². The number of rotatable bonds is 3. The van der Waals surface area contributed by atoms with E-state index in [0.717, 1.165) is 29.0 Å². The maximum Gasteiger partial charge on any atom is 0.417 e. The number of aromatic nitrogens is 1. The molecule has 0 saturated heterocycles. The second-order valence-electron chi connectivity index (χ2n) is 4.90. The molecule has 3 rings (SSSR count). The fraction of sp³-hybridized carbons (Fsp3) is 0.0588. The van der Waals surface area contributed by atoms with Crippen LogP contribution in [0.2, 0.25) is 0 Å². The van der Waals surface area contributed by atoms with Gasteiger partial charge in [-0.15, -0.1) is 11.3 Å². The van der Waals surface area contributed by atoms with Crippen LogP contribution in [-0.2, 0) is 6.18 Å². The molecule has 0 spiro atoms. The van der Waals surface area contributed by atoms with E-state index in [9.17, 15) is 18.0 Å². The van der Waals surface area contributed by atoms with Crippen LogP contribution in [0.15, 0.2) is 60.0 Å². The van der Waals surface area contributed by atoms with Gasteiger partial charge in [-0.1, -0.05) is 42.5 Å². The molecule has 0 fully saturated rings. The number of hydrogen-bond acceptors (Lipinski definition) is 3. The lowest BCUT2D eigenvalue weighted by Crippen LogP contribution is -2.18. The lowest BCUT2D eigenvalue weighted by molar-refractivity contribution is -0.137. The number of carbonyl (C=O) groups is 1. The molecule has 0 unspecified atom stereocenters. The Hall–Kier alpha value is -2.67. The van der Waals surface area contributed by atoms with E-state index in [-0.39, 0.29) is 5.13 Å². The van der Waals surface area contributed by atoms with Gasteiger partial charge in [-0.05, 0) is 12.1 Å². The van der Waals surface area contributed by atoms with Crippen LogP contribution in [0.1, 0.15) is 15.9 Å². The van der Waals surface area contributed by atoms with E-state index in [0.29, 0.717) is 5.69 Å². The van der Waals surface area contributed by atoms with E-state index in [4.69, 9.17) is 0 Å². The molecular weight excluding hydrogens is 337 g/mol. The van der Waals surface area contributed by atoms with Crippen molar-refractivity contribution in [3.05, 3.63) is 71.1 Å². The van der Waals surface area contributed by atoms with Crippen molar-refractivity contribution in [3.63, 3.8) is 0 Å². The summed E-state index contributed by atoms with van der Waals surface area (Å²) in [5, 5.41) is 4.41. The SMILES string of the molecule is O=C(Nc1nc(-c2ccccc2)cs1)c1ccccc1C(F)(F)F. The third kappa shape index (κ3) is 3.46. The molecule has 24 heavy (non-hydrogen) atoms. The molecule has 1 N–H and O–H groups in total. The smallest absolute Gasteiger partial charge is 0.298 e. The molecule has 1 amide bonds. The fourth-order valence-electron chi connectivity index (χ4n) is 2.17. The summed E-state index contributed by atoms with van der Waals surface area (Å²) in [5.74, 6) is -0.836. The lowest BCUT2D eigenvalue weighted by atomic mass is 10.1. The van der Waals surface area contributed by atoms with Gasteiger partial charge >= 0.3 is 6.18 Å². The van der Waals surface area contributed by atoms with E-state index >= 15 is 0 Å². The van der Waals surface area contributed by atoms with Crippen LogP contribution in [0.5, 0.6) is 0 Å². The molecule has 0 aliphatic rings. The molecule has 0 aliphatic heterocycles. The second-order valence-corrected chi connectivity index (χ2v) is 5.76. The normalized spacial score (nSPS) is 11.3. The van der Waals surface area contributed by atoms with Gasteiger partial charge in [0, 0.05) is 10.9 Å². The van der Waals surface area contributed by atoms with E-state index in [2.05, 4.69) is 10.3 Å². The Labute approximate surface area is 139 Å². The number of hydrogen-bond donors (Lipinski definition) is 1. The third-order valence-electron chi connectivity index (χ3n) is 3.27. The Kier molecular flexibility index (Phi) is 4.35. The highest BCUT2D eigenvalue weighted by Crippen LogP contribution is 2.32. The van der Waals surface area contributed by atoms with Crippen molar-refractivity contribution in [2.75, 3.05) is 5.32 Å². The quantitative estimate of drug-likeness (QED) is 0.717. The zero-order valence-electron chi connectivity index (χ0n) is 12.2. The average Bonchev–Trinajstić information content (AvgIpc) is 3.03. The molecular formula is C17H11F3N2OS. The Morgan fingerprint density at radius 2 is 1.67 bits per heavy atom. The van der Waals surface area contributed by atoms with E-state index < -0.39 is 23.2 Å². The van der Waals surface area contributed by atoms with E-state index in [1.165, 1.54) is 12.1 Å². The predicted molar refractivity (Wildman–Crippen MR) is 86.9 cm³/mol. The Morgan fingerprint density at radius 1 is 1.00 bits per heavy atom. The number of benzene rings is 2. The van der Waals surface area contributed by atoms with Gasteiger partial charge < -0.3 is 0 Å². The van der Waals surface area contributed by atoms with Gasteiger partial charge in [0.05, 0.1) is 16.8 Å². The van der Waals surface area contributed by atoms with Gasteiger partial charge in [-0.2, -0.15) is 13.2 Å². The molecule has 0 saturated carbocycles. The summed E-state index contributed by atoms with van der Waals surface area (Å²) in [6.07, 6.45) is -4.59. The van der Waals surface area contributed by atoms with Gasteiger partial charge in [0.15, 0.2) is 5.13 Å². The average molecular weight is 348 g/mol. The van der Waals surface area contributed by atoms with Crippen molar-refractivity contribution in [2.45, 2.75) is 6.18 Å². The second kappa shape index (κ2) is 6.45. The molecule has 3 aromatic rings. The summed E-state index contributed by atoms with van der Waals surface area (Å²) in [7, 11) is 0. The first-order valence-corrected chi connectivity index (χ1v) is 7.81. The predicted octanol–water partition coefficient (Wildman–Crippen LogP) is 5.08. The Balaban J connectivity index is 1.83. The largest absolute Gasteiger partial charge is 0.417 e. The number of nitrogens with zero attached hydrogens (tertiary/aromatic N) is 1. The number of amides is 1. The summed E-state index contributed by atoms with van der Waals surface area (Å²) < 4.78 is 38.9. The van der Waals surface area contributed by atoms with Gasteiger partial charge in [0.1, 0.15) is 0 Å². The zero-order valence-corrected chi connectivity index (χ0v) is 13.0. The summed E-state index contributed by atoms with van der Waals surface area (Å²) in [6.45, 7) is 0. The number of nitrogens with one attached hydrogen (secondary N) is 1. The summed E-state index contributed by atoms with van der Waals surface area (Å²) in [6, 6.07) is 14.0. The first-order chi connectivity index (χ1) is 11.4. The highest BCUT2D eigenvalue weighted by Gasteiger charge is 2.34. The molecule has 0 bridgehead atoms. The van der Waals surface area contributed by atoms with E-state index in [1.807, 2.05) is 30.3 Å². The monoisotopic (exact) mass is 348 g/mol. The van der Waals surface area contributed by atoms with E-state index in [1.54, 1.807) is 5.38 Å². The summed E-state index contributed by atoms with van der Waals surface area (Å²) in [4.78, 5) is 16.4. The van der Waals surface area contributed by atoms with Crippen LogP contribution in [0.25, 0.3) is 11.3 Å². The van der Waals surface area contributed by atoms with Crippen molar-refractivity contribution >= 4 is 22.4 Å². The topological polar surface area (TPSA) is 42.0 Å². The van der Waals surface area contributed by atoms with Crippen LogP contribution in [-0.4, -0.2) is 10.9 Å². The lowest BCUT2D eigenvalue weighted by Gasteiger charge is -2.11. The highest BCUT2D eigenvalue weighted by atomic mass is 32.1. The maximum atomic E-state index is 13.0. The molecule has 3 nitrogen and oxygen atoms in total. The number of carbonyl (C=O) groups excluding carboxylic acids is 1. The van der Waals surface area contributed by atoms with Crippen molar-refractivity contribution in [2.24, 2.45) is 0 Å². The zero-order chi connectivity index (χ0) is 17.2. The van der Waals surface area contributed by atoms with Crippen molar-refractivity contribution in [3.8, 4) is 11.3 Å². The molecule has 0 radical (unpaired) electrons. The summed E-state index contributed by atoms with van der Waals surface area (Å²) in [5.41, 5.74) is 0.119. The molecule has 2 aromatic carbocycles. The number of halogens is 3. The first kappa shape index (κ1) is 16.2. The van der Waals surface area contributed by atoms with Crippen LogP contribution in [0, 0.1) is 0 Å². The fourth-order valence-corrected chi connectivity index (χ4v) is 2.88. The summed E-state index contributed by atoms with van der Waals surface area (Å²) >= 11 is 1.16. The molecule has 1 heterocycles. The molecule has 7 heteroatoms. The van der Waals surface area contributed by atoms with Crippen molar-refractivity contribution < 1.29 is 18.0 Å². The number of anilines is 1. The van der Waals surface area contributed by atoms with Gasteiger partial charge in [-0.25, -0.2) is 4.98 Å². The van der Waals surface area contributed by atoms with Crippen LogP contribution in [0.4, 0.5) is 18.3 Å². The van der Waals surface area contributed by atoms with Gasteiger partial charge in [0.25, 0.3) is 5.91 Å². The molecule has 0 aliphatic carbocycles. The first-order valence-electron chi connectivity index (χ1n) is 6.93. The highest BCUT2D eigenvalue weighted by molar-refractivity contribution is 7.14. The van der Waals surface area contributed by atoms with Gasteiger partial charge in [-0.3, -0.25) is 10.1 Å². The van der Waals surface area contributed by atoms with Crippen LogP contribution < -0.4 is 5.32 Å². The molecule has 0 atom stereocenters. The van der Waals surface area contributed by atoms with Crippen molar-refractivity contribution in [1.82, 2.24) is 4.98 Å². The molecule has 1 aromatic heterocycles. The van der Waals surface area contributed by atoms with Gasteiger partial charge in [0.2, 0.25) is 0 Å². The Bertz CT molecular complexity index is 860. The number of thiazole rings is 1. The standard InChI is InChI=1S/C17H11F3N2OS/c18-17(19,20)13-9-5-4-8-12(13)15(23)22-16-21-14(10-24-16)11-6-2-1-3-7-11/h1-10H,(H,21,22,23). The number of alkyl halides is 3. The maximum absolute atomic E-state index is 13.0. The minimum atomic E-state index is -4.59. The Morgan fingerprint density at radius 3 is 2.38 bits per heavy atom. The van der Waals surface area contributed by atoms with Crippen molar-refractivity contribution in [1.29, 1.82) is 0 Å².